The molecule has 0 radical (unpaired) electrons. The SMILES string of the molecule is CCOc1ccc(C(=O)NNC(=O)c2ccc(OC)c(S(=O)(=O)NC(C)C)c2)cc1OC. The molecule has 0 aliphatic carbocycles. The number of carbonyl (C=O) groups excluding carboxylic acids is 2. The van der Waals surface area contributed by atoms with E-state index in [-0.39, 0.29) is 27.8 Å². The number of nitrogens with one attached hydrogen (secondary N) is 3. The number of rotatable bonds is 9. The Morgan fingerprint density at radius 2 is 1.41 bits per heavy atom. The average molecular weight is 466 g/mol. The third kappa shape index (κ3) is 6.11. The fourth-order valence-corrected chi connectivity index (χ4v) is 4.19. The molecule has 0 unspecified atom stereocenters. The molecule has 0 bridgehead atoms. The molecular formula is C21H27N3O7S. The highest BCUT2D eigenvalue weighted by atomic mass is 32.2. The van der Waals surface area contributed by atoms with E-state index in [1.54, 1.807) is 19.9 Å². The van der Waals surface area contributed by atoms with Crippen molar-refractivity contribution < 1.29 is 32.2 Å². The summed E-state index contributed by atoms with van der Waals surface area (Å²) in [6.07, 6.45) is 0. The van der Waals surface area contributed by atoms with Gasteiger partial charge < -0.3 is 14.2 Å². The van der Waals surface area contributed by atoms with Gasteiger partial charge in [0.15, 0.2) is 11.5 Å². The highest BCUT2D eigenvalue weighted by molar-refractivity contribution is 7.89. The minimum absolute atomic E-state index is 0.0134. The maximum absolute atomic E-state index is 12.6. The third-order valence-corrected chi connectivity index (χ3v) is 5.80. The highest BCUT2D eigenvalue weighted by Gasteiger charge is 2.23. The van der Waals surface area contributed by atoms with Crippen molar-refractivity contribution in [1.29, 1.82) is 0 Å². The van der Waals surface area contributed by atoms with E-state index in [4.69, 9.17) is 14.2 Å². The zero-order valence-corrected chi connectivity index (χ0v) is 19.3. The van der Waals surface area contributed by atoms with Gasteiger partial charge in [0.25, 0.3) is 11.8 Å². The van der Waals surface area contributed by atoms with Crippen molar-refractivity contribution in [3.63, 3.8) is 0 Å². The van der Waals surface area contributed by atoms with Crippen LogP contribution in [-0.2, 0) is 10.0 Å². The Morgan fingerprint density at radius 3 is 1.91 bits per heavy atom. The summed E-state index contributed by atoms with van der Waals surface area (Å²) < 4.78 is 43.3. The molecule has 10 nitrogen and oxygen atoms in total. The molecular weight excluding hydrogens is 438 g/mol. The third-order valence-electron chi connectivity index (χ3n) is 4.12. The van der Waals surface area contributed by atoms with Gasteiger partial charge in [-0.25, -0.2) is 13.1 Å². The monoisotopic (exact) mass is 465 g/mol. The topological polar surface area (TPSA) is 132 Å². The van der Waals surface area contributed by atoms with Crippen molar-refractivity contribution in [2.24, 2.45) is 0 Å². The van der Waals surface area contributed by atoms with Gasteiger partial charge in [0, 0.05) is 17.2 Å². The van der Waals surface area contributed by atoms with Crippen LogP contribution < -0.4 is 29.8 Å². The van der Waals surface area contributed by atoms with Crippen LogP contribution in [0.25, 0.3) is 0 Å². The number of hydrogen-bond donors (Lipinski definition) is 3. The minimum atomic E-state index is -3.92. The first-order chi connectivity index (χ1) is 15.1. The molecule has 2 amide bonds. The lowest BCUT2D eigenvalue weighted by Crippen LogP contribution is -2.41. The predicted octanol–water partition coefficient (Wildman–Crippen LogP) is 1.86. The largest absolute Gasteiger partial charge is 0.495 e. The number of carbonyl (C=O) groups is 2. The quantitative estimate of drug-likeness (QED) is 0.482. The van der Waals surface area contributed by atoms with Gasteiger partial charge in [-0.2, -0.15) is 0 Å². The number of sulfonamides is 1. The van der Waals surface area contributed by atoms with Crippen molar-refractivity contribution in [1.82, 2.24) is 15.6 Å². The fourth-order valence-electron chi connectivity index (χ4n) is 2.74. The fraction of sp³-hybridized carbons (Fsp3) is 0.333. The summed E-state index contributed by atoms with van der Waals surface area (Å²) in [5.74, 6) is -0.367. The van der Waals surface area contributed by atoms with E-state index in [0.29, 0.717) is 18.1 Å². The molecule has 0 saturated heterocycles. The first kappa shape index (κ1) is 25.0. The zero-order valence-electron chi connectivity index (χ0n) is 18.5. The summed E-state index contributed by atoms with van der Waals surface area (Å²) in [6.45, 7) is 5.60. The van der Waals surface area contributed by atoms with Crippen molar-refractivity contribution in [2.75, 3.05) is 20.8 Å². The Kier molecular flexibility index (Phi) is 8.44. The molecule has 0 aliphatic heterocycles. The van der Waals surface area contributed by atoms with Crippen LogP contribution in [0.2, 0.25) is 0 Å². The number of ether oxygens (including phenoxy) is 3. The normalized spacial score (nSPS) is 11.1. The molecule has 2 aromatic rings. The first-order valence-electron chi connectivity index (χ1n) is 9.74. The Labute approximate surface area is 187 Å². The number of benzene rings is 2. The summed E-state index contributed by atoms with van der Waals surface area (Å²) in [4.78, 5) is 24.7. The molecule has 0 atom stereocenters. The summed E-state index contributed by atoms with van der Waals surface area (Å²) >= 11 is 0. The van der Waals surface area contributed by atoms with Gasteiger partial charge in [-0.15, -0.1) is 0 Å². The van der Waals surface area contributed by atoms with Crippen LogP contribution in [0.1, 0.15) is 41.5 Å². The minimum Gasteiger partial charge on any atom is -0.495 e. The molecule has 0 spiro atoms. The Morgan fingerprint density at radius 1 is 0.875 bits per heavy atom. The smallest absolute Gasteiger partial charge is 0.269 e. The molecule has 0 aliphatic rings. The van der Waals surface area contributed by atoms with Crippen molar-refractivity contribution in [2.45, 2.75) is 31.7 Å². The molecule has 2 aromatic carbocycles. The van der Waals surface area contributed by atoms with Gasteiger partial charge in [0.05, 0.1) is 20.8 Å². The van der Waals surface area contributed by atoms with Crippen LogP contribution >= 0.6 is 0 Å². The van der Waals surface area contributed by atoms with E-state index in [0.717, 1.165) is 0 Å². The highest BCUT2D eigenvalue weighted by Crippen LogP contribution is 2.28. The molecule has 0 aromatic heterocycles. The summed E-state index contributed by atoms with van der Waals surface area (Å²) in [7, 11) is -1.14. The molecule has 11 heteroatoms. The predicted molar refractivity (Wildman–Crippen MR) is 118 cm³/mol. The Balaban J connectivity index is 2.18. The molecule has 0 heterocycles. The second-order valence-corrected chi connectivity index (χ2v) is 8.53. The van der Waals surface area contributed by atoms with E-state index in [1.807, 2.05) is 6.92 Å². The standard InChI is InChI=1S/C21H27N3O7S/c1-6-31-16-9-7-14(11-18(16)30-5)20(25)22-23-21(26)15-8-10-17(29-4)19(12-15)32(27,28)24-13(2)3/h7-13,24H,6H2,1-5H3,(H,22,25)(H,23,26). The number of amides is 2. The van der Waals surface area contributed by atoms with E-state index in [9.17, 15) is 18.0 Å². The lowest BCUT2D eigenvalue weighted by molar-refractivity contribution is 0.0846. The molecule has 3 N–H and O–H groups in total. The van der Waals surface area contributed by atoms with Crippen molar-refractivity contribution in [3.05, 3.63) is 47.5 Å². The van der Waals surface area contributed by atoms with Crippen LogP contribution in [0.5, 0.6) is 17.2 Å². The average Bonchev–Trinajstić information content (AvgIpc) is 2.76. The van der Waals surface area contributed by atoms with E-state index in [1.165, 1.54) is 44.6 Å². The summed E-state index contributed by atoms with van der Waals surface area (Å²) in [6, 6.07) is 8.14. The maximum Gasteiger partial charge on any atom is 0.269 e. The van der Waals surface area contributed by atoms with Crippen LogP contribution in [0.3, 0.4) is 0 Å². The van der Waals surface area contributed by atoms with Crippen LogP contribution in [0.4, 0.5) is 0 Å². The van der Waals surface area contributed by atoms with Gasteiger partial charge >= 0.3 is 0 Å². The second-order valence-electron chi connectivity index (χ2n) is 6.85. The lowest BCUT2D eigenvalue weighted by atomic mass is 10.2. The number of hydrogen-bond acceptors (Lipinski definition) is 7. The molecule has 174 valence electrons. The van der Waals surface area contributed by atoms with Gasteiger partial charge in [0.2, 0.25) is 10.0 Å². The number of hydrazine groups is 1. The molecule has 0 fully saturated rings. The molecule has 2 rings (SSSR count). The van der Waals surface area contributed by atoms with Gasteiger partial charge in [-0.3, -0.25) is 20.4 Å². The second kappa shape index (κ2) is 10.8. The van der Waals surface area contributed by atoms with E-state index >= 15 is 0 Å². The summed E-state index contributed by atoms with van der Waals surface area (Å²) in [5, 5.41) is 0. The first-order valence-corrected chi connectivity index (χ1v) is 11.2. The maximum atomic E-state index is 12.6. The Bertz CT molecular complexity index is 1080. The van der Waals surface area contributed by atoms with Crippen molar-refractivity contribution >= 4 is 21.8 Å². The molecule has 32 heavy (non-hydrogen) atoms. The zero-order chi connectivity index (χ0) is 23.9. The number of methoxy groups -OCH3 is 2. The van der Waals surface area contributed by atoms with Crippen LogP contribution in [0, 0.1) is 0 Å². The molecule has 0 saturated carbocycles. The summed E-state index contributed by atoms with van der Waals surface area (Å²) in [5.41, 5.74) is 4.79. The van der Waals surface area contributed by atoms with Crippen molar-refractivity contribution in [3.8, 4) is 17.2 Å². The lowest BCUT2D eigenvalue weighted by Gasteiger charge is -2.14. The van der Waals surface area contributed by atoms with E-state index < -0.39 is 21.8 Å². The Hall–Kier alpha value is -3.31. The van der Waals surface area contributed by atoms with E-state index in [2.05, 4.69) is 15.6 Å². The van der Waals surface area contributed by atoms with Crippen LogP contribution in [-0.4, -0.2) is 47.1 Å². The van der Waals surface area contributed by atoms with Gasteiger partial charge in [0.1, 0.15) is 10.6 Å². The van der Waals surface area contributed by atoms with Gasteiger partial charge in [-0.05, 0) is 57.2 Å². The van der Waals surface area contributed by atoms with Crippen LogP contribution in [0.15, 0.2) is 41.3 Å². The van der Waals surface area contributed by atoms with Gasteiger partial charge in [-0.1, -0.05) is 0 Å².